The third-order valence-corrected chi connectivity index (χ3v) is 2.27. The molecule has 0 amide bonds. The molecule has 1 rings (SSSR count). The zero-order valence-electron chi connectivity index (χ0n) is 9.44. The van der Waals surface area contributed by atoms with E-state index >= 15 is 0 Å². The Balaban J connectivity index is 3.48. The highest BCUT2D eigenvalue weighted by Gasteiger charge is 2.31. The van der Waals surface area contributed by atoms with E-state index in [1.54, 1.807) is 6.07 Å². The van der Waals surface area contributed by atoms with Crippen LogP contribution in [0.4, 0.5) is 8.78 Å². The Morgan fingerprint density at radius 1 is 1.13 bits per heavy atom. The first-order valence-electron chi connectivity index (χ1n) is 4.85. The smallest absolute Gasteiger partial charge is 0.133 e. The van der Waals surface area contributed by atoms with Gasteiger partial charge in [0.05, 0.1) is 5.60 Å². The van der Waals surface area contributed by atoms with Crippen LogP contribution in [0.1, 0.15) is 38.8 Å². The van der Waals surface area contributed by atoms with Gasteiger partial charge in [-0.25, -0.2) is 8.78 Å². The second-order valence-corrected chi connectivity index (χ2v) is 4.69. The van der Waals surface area contributed by atoms with Crippen molar-refractivity contribution in [3.63, 3.8) is 0 Å². The highest BCUT2D eigenvalue weighted by molar-refractivity contribution is 5.36. The highest BCUT2D eigenvalue weighted by Crippen LogP contribution is 2.35. The minimum Gasteiger partial charge on any atom is -0.386 e. The first-order valence-corrected chi connectivity index (χ1v) is 4.85. The quantitative estimate of drug-likeness (QED) is 0.801. The maximum absolute atomic E-state index is 13.8. The molecule has 0 atom stereocenters. The van der Waals surface area contributed by atoms with Crippen LogP contribution in [-0.4, -0.2) is 5.11 Å². The van der Waals surface area contributed by atoms with Crippen LogP contribution in [0.5, 0.6) is 0 Å². The molecule has 0 bridgehead atoms. The Bertz CT molecular complexity index is 359. The van der Waals surface area contributed by atoms with Crippen molar-refractivity contribution in [3.05, 3.63) is 35.1 Å². The highest BCUT2D eigenvalue weighted by atomic mass is 19.1. The van der Waals surface area contributed by atoms with Gasteiger partial charge < -0.3 is 5.11 Å². The summed E-state index contributed by atoms with van der Waals surface area (Å²) in [6.45, 7) is 5.58. The van der Waals surface area contributed by atoms with Crippen molar-refractivity contribution in [3.8, 4) is 0 Å². The van der Waals surface area contributed by atoms with Gasteiger partial charge >= 0.3 is 0 Å². The Hall–Kier alpha value is -0.960. The zero-order chi connectivity index (χ0) is 11.9. The molecule has 3 heteroatoms. The summed E-state index contributed by atoms with van der Waals surface area (Å²) < 4.78 is 27.3. The molecule has 1 aromatic rings. The van der Waals surface area contributed by atoms with Gasteiger partial charge in [-0.3, -0.25) is 0 Å². The number of hydrogen-bond donors (Lipinski definition) is 1. The lowest BCUT2D eigenvalue weighted by molar-refractivity contribution is 0.0720. The van der Waals surface area contributed by atoms with Gasteiger partial charge in [0.25, 0.3) is 0 Å². The third kappa shape index (κ3) is 2.53. The first kappa shape index (κ1) is 12.1. The molecule has 0 aliphatic heterocycles. The molecule has 0 spiro atoms. The summed E-state index contributed by atoms with van der Waals surface area (Å²) in [6.07, 6.45) is 0. The summed E-state index contributed by atoms with van der Waals surface area (Å²) in [5.74, 6) is -0.623. The van der Waals surface area contributed by atoms with Crippen molar-refractivity contribution in [2.45, 2.75) is 39.0 Å². The summed E-state index contributed by atoms with van der Waals surface area (Å²) in [4.78, 5) is 0. The fraction of sp³-hybridized carbons (Fsp3) is 0.500. The second kappa shape index (κ2) is 3.56. The summed E-state index contributed by atoms with van der Waals surface area (Å²) >= 11 is 0. The van der Waals surface area contributed by atoms with Crippen LogP contribution in [0.3, 0.4) is 0 Å². The summed E-state index contributed by atoms with van der Waals surface area (Å²) in [7, 11) is 0. The van der Waals surface area contributed by atoms with Gasteiger partial charge in [-0.1, -0.05) is 12.1 Å². The van der Waals surface area contributed by atoms with E-state index in [2.05, 4.69) is 0 Å². The van der Waals surface area contributed by atoms with E-state index in [0.717, 1.165) is 0 Å². The van der Waals surface area contributed by atoms with Crippen molar-refractivity contribution in [1.29, 1.82) is 0 Å². The minimum absolute atomic E-state index is 0.0718. The van der Waals surface area contributed by atoms with E-state index in [-0.39, 0.29) is 11.1 Å². The average molecular weight is 214 g/mol. The predicted octanol–water partition coefficient (Wildman–Crippen LogP) is 3.26. The van der Waals surface area contributed by atoms with Crippen LogP contribution in [0.25, 0.3) is 0 Å². The fourth-order valence-electron chi connectivity index (χ4n) is 1.64. The van der Waals surface area contributed by atoms with Gasteiger partial charge in [-0.05, 0) is 39.3 Å². The molecular weight excluding hydrogens is 198 g/mol. The van der Waals surface area contributed by atoms with Crippen molar-refractivity contribution in [2.75, 3.05) is 0 Å². The van der Waals surface area contributed by atoms with Gasteiger partial charge in [0.1, 0.15) is 11.5 Å². The number of hydrogen-bond acceptors (Lipinski definition) is 1. The number of aliphatic hydroxyl groups is 1. The van der Waals surface area contributed by atoms with E-state index in [0.29, 0.717) is 0 Å². The Morgan fingerprint density at radius 3 is 2.00 bits per heavy atom. The number of halogens is 2. The number of rotatable bonds is 2. The van der Waals surface area contributed by atoms with Crippen molar-refractivity contribution >= 4 is 0 Å². The van der Waals surface area contributed by atoms with E-state index in [1.807, 2.05) is 0 Å². The van der Waals surface area contributed by atoms with Gasteiger partial charge in [-0.15, -0.1) is 0 Å². The number of alkyl halides is 1. The SMILES string of the molecule is CC(C)(O)c1cccc(F)c1C(C)(C)F. The second-order valence-electron chi connectivity index (χ2n) is 4.69. The van der Waals surface area contributed by atoms with Crippen LogP contribution in [0.15, 0.2) is 18.2 Å². The lowest BCUT2D eigenvalue weighted by atomic mass is 9.86. The molecule has 1 aromatic carbocycles. The average Bonchev–Trinajstić information content (AvgIpc) is 1.99. The van der Waals surface area contributed by atoms with E-state index in [1.165, 1.54) is 39.8 Å². The molecule has 1 N–H and O–H groups in total. The first-order chi connectivity index (χ1) is 6.64. The molecule has 0 aliphatic carbocycles. The maximum atomic E-state index is 13.8. The van der Waals surface area contributed by atoms with Crippen LogP contribution in [0, 0.1) is 5.82 Å². The topological polar surface area (TPSA) is 20.2 Å². The normalized spacial score (nSPS) is 13.0. The van der Waals surface area contributed by atoms with Crippen molar-refractivity contribution < 1.29 is 13.9 Å². The van der Waals surface area contributed by atoms with Crippen LogP contribution in [-0.2, 0) is 11.3 Å². The molecule has 0 saturated heterocycles. The molecule has 0 aromatic heterocycles. The summed E-state index contributed by atoms with van der Waals surface area (Å²) in [6, 6.07) is 4.21. The molecule has 0 unspecified atom stereocenters. The monoisotopic (exact) mass is 214 g/mol. The minimum atomic E-state index is -1.80. The van der Waals surface area contributed by atoms with Gasteiger partial charge in [0.15, 0.2) is 0 Å². The molecule has 0 heterocycles. The van der Waals surface area contributed by atoms with Crippen molar-refractivity contribution in [1.82, 2.24) is 0 Å². The van der Waals surface area contributed by atoms with E-state index in [9.17, 15) is 13.9 Å². The van der Waals surface area contributed by atoms with Crippen LogP contribution < -0.4 is 0 Å². The largest absolute Gasteiger partial charge is 0.386 e. The zero-order valence-corrected chi connectivity index (χ0v) is 9.44. The maximum Gasteiger partial charge on any atom is 0.133 e. The fourth-order valence-corrected chi connectivity index (χ4v) is 1.64. The molecule has 0 aliphatic rings. The van der Waals surface area contributed by atoms with Gasteiger partial charge in [0, 0.05) is 5.56 Å². The van der Waals surface area contributed by atoms with E-state index < -0.39 is 17.1 Å². The molecule has 1 nitrogen and oxygen atoms in total. The summed E-state index contributed by atoms with van der Waals surface area (Å²) in [5, 5.41) is 9.82. The van der Waals surface area contributed by atoms with Crippen LogP contribution >= 0.6 is 0 Å². The Morgan fingerprint density at radius 2 is 1.67 bits per heavy atom. The van der Waals surface area contributed by atoms with Gasteiger partial charge in [-0.2, -0.15) is 0 Å². The predicted molar refractivity (Wildman–Crippen MR) is 55.8 cm³/mol. The Labute approximate surface area is 88.7 Å². The molecular formula is C12H16F2O. The molecule has 15 heavy (non-hydrogen) atoms. The Kier molecular flexibility index (Phi) is 2.88. The van der Waals surface area contributed by atoms with Crippen molar-refractivity contribution in [2.24, 2.45) is 0 Å². The standard InChI is InChI=1S/C12H16F2O/c1-11(2,14)10-8(12(3,4)15)6-5-7-9(10)13/h5-7,15H,1-4H3. The summed E-state index contributed by atoms with van der Waals surface area (Å²) in [5.41, 5.74) is -2.84. The molecule has 0 fully saturated rings. The van der Waals surface area contributed by atoms with Gasteiger partial charge in [0.2, 0.25) is 0 Å². The molecule has 0 saturated carbocycles. The molecule has 84 valence electrons. The third-order valence-electron chi connectivity index (χ3n) is 2.27. The van der Waals surface area contributed by atoms with E-state index in [4.69, 9.17) is 0 Å². The lowest BCUT2D eigenvalue weighted by Crippen LogP contribution is -2.24. The lowest BCUT2D eigenvalue weighted by Gasteiger charge is -2.26. The molecule has 0 radical (unpaired) electrons. The number of benzene rings is 1. The van der Waals surface area contributed by atoms with Crippen LogP contribution in [0.2, 0.25) is 0 Å².